The van der Waals surface area contributed by atoms with Gasteiger partial charge >= 0.3 is 0 Å². The fourth-order valence-corrected chi connectivity index (χ4v) is 2.09. The van der Waals surface area contributed by atoms with Crippen molar-refractivity contribution in [3.8, 4) is 0 Å². The molecule has 5 heteroatoms. The predicted molar refractivity (Wildman–Crippen MR) is 84.9 cm³/mol. The number of nitro groups is 1. The molecule has 1 amide bonds. The van der Waals surface area contributed by atoms with Crippen LogP contribution in [0.5, 0.6) is 0 Å². The van der Waals surface area contributed by atoms with E-state index in [1.54, 1.807) is 0 Å². The van der Waals surface area contributed by atoms with E-state index < -0.39 is 4.92 Å². The van der Waals surface area contributed by atoms with Gasteiger partial charge in [-0.05, 0) is 37.5 Å². The summed E-state index contributed by atoms with van der Waals surface area (Å²) in [5, 5.41) is 13.4. The molecule has 0 aliphatic carbocycles. The van der Waals surface area contributed by atoms with Gasteiger partial charge in [0.25, 0.3) is 11.6 Å². The van der Waals surface area contributed by atoms with Crippen molar-refractivity contribution < 1.29 is 9.72 Å². The number of carbonyl (C=O) groups excluding carboxylic acids is 1. The van der Waals surface area contributed by atoms with Crippen molar-refractivity contribution in [1.29, 1.82) is 0 Å². The van der Waals surface area contributed by atoms with Crippen LogP contribution in [0, 0.1) is 17.0 Å². The normalized spacial score (nSPS) is 10.2. The summed E-state index contributed by atoms with van der Waals surface area (Å²) in [6.07, 6.45) is 1.75. The highest BCUT2D eigenvalue weighted by molar-refractivity contribution is 5.94. The van der Waals surface area contributed by atoms with Crippen LogP contribution in [0.15, 0.2) is 48.5 Å². The molecule has 0 unspecified atom stereocenters. The SMILES string of the molecule is Cc1ccc(CCCNC(=O)c2ccc([N+](=O)[O-])cc2)cc1. The maximum Gasteiger partial charge on any atom is 0.269 e. The van der Waals surface area contributed by atoms with Gasteiger partial charge in [0.05, 0.1) is 4.92 Å². The zero-order valence-corrected chi connectivity index (χ0v) is 12.4. The summed E-state index contributed by atoms with van der Waals surface area (Å²) in [6.45, 7) is 2.62. The van der Waals surface area contributed by atoms with Crippen LogP contribution in [0.3, 0.4) is 0 Å². The Labute approximate surface area is 129 Å². The van der Waals surface area contributed by atoms with Crippen LogP contribution in [-0.4, -0.2) is 17.4 Å². The van der Waals surface area contributed by atoms with Gasteiger partial charge in [-0.25, -0.2) is 0 Å². The van der Waals surface area contributed by atoms with Crippen molar-refractivity contribution in [2.45, 2.75) is 19.8 Å². The standard InChI is InChI=1S/C17H18N2O3/c1-13-4-6-14(7-5-13)3-2-12-18-17(20)15-8-10-16(11-9-15)19(21)22/h4-11H,2-3,12H2,1H3,(H,18,20). The molecule has 2 rings (SSSR count). The number of nitrogens with one attached hydrogen (secondary N) is 1. The minimum atomic E-state index is -0.483. The van der Waals surface area contributed by atoms with Crippen LogP contribution in [0.25, 0.3) is 0 Å². The van der Waals surface area contributed by atoms with E-state index in [1.165, 1.54) is 35.4 Å². The van der Waals surface area contributed by atoms with Crippen LogP contribution < -0.4 is 5.32 Å². The fourth-order valence-electron chi connectivity index (χ4n) is 2.09. The molecule has 1 N–H and O–H groups in total. The van der Waals surface area contributed by atoms with Crippen molar-refractivity contribution in [2.24, 2.45) is 0 Å². The highest BCUT2D eigenvalue weighted by atomic mass is 16.6. The summed E-state index contributed by atoms with van der Waals surface area (Å²) in [7, 11) is 0. The number of benzene rings is 2. The Hall–Kier alpha value is -2.69. The lowest BCUT2D eigenvalue weighted by Crippen LogP contribution is -2.24. The van der Waals surface area contributed by atoms with Crippen LogP contribution >= 0.6 is 0 Å². The van der Waals surface area contributed by atoms with Crippen LogP contribution in [0.4, 0.5) is 5.69 Å². The van der Waals surface area contributed by atoms with Crippen LogP contribution in [0.1, 0.15) is 27.9 Å². The second-order valence-corrected chi connectivity index (χ2v) is 5.15. The second kappa shape index (κ2) is 7.36. The number of nitro benzene ring substituents is 1. The van der Waals surface area contributed by atoms with Gasteiger partial charge in [0, 0.05) is 24.2 Å². The summed E-state index contributed by atoms with van der Waals surface area (Å²) in [5.74, 6) is -0.209. The molecule has 0 saturated carbocycles. The molecule has 0 heterocycles. The third kappa shape index (κ3) is 4.41. The number of amides is 1. The largest absolute Gasteiger partial charge is 0.352 e. The van der Waals surface area contributed by atoms with Gasteiger partial charge in [-0.3, -0.25) is 14.9 Å². The number of aryl methyl sites for hydroxylation is 2. The number of hydrogen-bond donors (Lipinski definition) is 1. The summed E-state index contributed by atoms with van der Waals surface area (Å²) < 4.78 is 0. The Kier molecular flexibility index (Phi) is 5.25. The summed E-state index contributed by atoms with van der Waals surface area (Å²) in [4.78, 5) is 22.0. The van der Waals surface area contributed by atoms with Gasteiger partial charge in [0.15, 0.2) is 0 Å². The van der Waals surface area contributed by atoms with E-state index in [4.69, 9.17) is 0 Å². The van der Waals surface area contributed by atoms with Crippen molar-refractivity contribution in [3.05, 3.63) is 75.3 Å². The molecule has 2 aromatic carbocycles. The van der Waals surface area contributed by atoms with E-state index in [2.05, 4.69) is 29.6 Å². The minimum absolute atomic E-state index is 0.0177. The minimum Gasteiger partial charge on any atom is -0.352 e. The molecule has 0 aromatic heterocycles. The first-order chi connectivity index (χ1) is 10.6. The molecule has 0 atom stereocenters. The second-order valence-electron chi connectivity index (χ2n) is 5.15. The molecular weight excluding hydrogens is 280 g/mol. The number of carbonyl (C=O) groups is 1. The molecule has 0 aliphatic rings. The zero-order chi connectivity index (χ0) is 15.9. The van der Waals surface area contributed by atoms with E-state index in [0.717, 1.165) is 12.8 Å². The number of nitrogens with zero attached hydrogens (tertiary/aromatic N) is 1. The average molecular weight is 298 g/mol. The molecule has 0 radical (unpaired) electrons. The Morgan fingerprint density at radius 2 is 1.73 bits per heavy atom. The van der Waals surface area contributed by atoms with E-state index in [1.807, 2.05) is 6.92 Å². The Balaban J connectivity index is 1.77. The van der Waals surface area contributed by atoms with Gasteiger partial charge in [0.2, 0.25) is 0 Å². The van der Waals surface area contributed by atoms with Gasteiger partial charge in [0.1, 0.15) is 0 Å². The predicted octanol–water partition coefficient (Wildman–Crippen LogP) is 3.27. The molecule has 0 bridgehead atoms. The first-order valence-corrected chi connectivity index (χ1v) is 7.14. The molecule has 0 saturated heterocycles. The van der Waals surface area contributed by atoms with E-state index >= 15 is 0 Å². The Morgan fingerprint density at radius 3 is 2.32 bits per heavy atom. The van der Waals surface area contributed by atoms with Crippen molar-refractivity contribution in [3.63, 3.8) is 0 Å². The van der Waals surface area contributed by atoms with Gasteiger partial charge in [-0.15, -0.1) is 0 Å². The average Bonchev–Trinajstić information content (AvgIpc) is 2.53. The molecule has 5 nitrogen and oxygen atoms in total. The first kappa shape index (κ1) is 15.7. The number of rotatable bonds is 6. The molecule has 0 spiro atoms. The third-order valence-electron chi connectivity index (χ3n) is 3.39. The van der Waals surface area contributed by atoms with Crippen molar-refractivity contribution in [2.75, 3.05) is 6.54 Å². The molecule has 114 valence electrons. The lowest BCUT2D eigenvalue weighted by atomic mass is 10.1. The molecular formula is C17H18N2O3. The maximum absolute atomic E-state index is 11.9. The highest BCUT2D eigenvalue weighted by Gasteiger charge is 2.08. The summed E-state index contributed by atoms with van der Waals surface area (Å²) in [5.41, 5.74) is 2.89. The van der Waals surface area contributed by atoms with Gasteiger partial charge in [-0.1, -0.05) is 29.8 Å². The van der Waals surface area contributed by atoms with E-state index in [-0.39, 0.29) is 11.6 Å². The summed E-state index contributed by atoms with van der Waals surface area (Å²) in [6, 6.07) is 13.9. The Morgan fingerprint density at radius 1 is 1.09 bits per heavy atom. The van der Waals surface area contributed by atoms with E-state index in [9.17, 15) is 14.9 Å². The van der Waals surface area contributed by atoms with Crippen LogP contribution in [0.2, 0.25) is 0 Å². The molecule has 22 heavy (non-hydrogen) atoms. The number of hydrogen-bond acceptors (Lipinski definition) is 3. The molecule has 2 aromatic rings. The first-order valence-electron chi connectivity index (χ1n) is 7.14. The van der Waals surface area contributed by atoms with Gasteiger partial charge in [-0.2, -0.15) is 0 Å². The van der Waals surface area contributed by atoms with Crippen molar-refractivity contribution in [1.82, 2.24) is 5.32 Å². The maximum atomic E-state index is 11.9. The third-order valence-corrected chi connectivity index (χ3v) is 3.39. The lowest BCUT2D eigenvalue weighted by Gasteiger charge is -2.05. The number of non-ortho nitro benzene ring substituents is 1. The van der Waals surface area contributed by atoms with Crippen LogP contribution in [-0.2, 0) is 6.42 Å². The zero-order valence-electron chi connectivity index (χ0n) is 12.4. The summed E-state index contributed by atoms with van der Waals surface area (Å²) >= 11 is 0. The smallest absolute Gasteiger partial charge is 0.269 e. The van der Waals surface area contributed by atoms with E-state index in [0.29, 0.717) is 12.1 Å². The fraction of sp³-hybridized carbons (Fsp3) is 0.235. The Bertz CT molecular complexity index is 649. The topological polar surface area (TPSA) is 72.2 Å². The highest BCUT2D eigenvalue weighted by Crippen LogP contribution is 2.11. The van der Waals surface area contributed by atoms with Gasteiger partial charge < -0.3 is 5.32 Å². The van der Waals surface area contributed by atoms with Crippen molar-refractivity contribution >= 4 is 11.6 Å². The quantitative estimate of drug-likeness (QED) is 0.505. The molecule has 0 aliphatic heterocycles. The molecule has 0 fully saturated rings. The lowest BCUT2D eigenvalue weighted by molar-refractivity contribution is -0.384. The monoisotopic (exact) mass is 298 g/mol.